The van der Waals surface area contributed by atoms with Crippen molar-refractivity contribution in [2.75, 3.05) is 18.1 Å². The fraction of sp³-hybridized carbons (Fsp3) is 0.263. The highest BCUT2D eigenvalue weighted by Gasteiger charge is 2.29. The monoisotopic (exact) mass is 359 g/mol. The lowest BCUT2D eigenvalue weighted by Gasteiger charge is -2.21. The summed E-state index contributed by atoms with van der Waals surface area (Å²) in [5.41, 5.74) is 2.01. The molecule has 0 saturated carbocycles. The van der Waals surface area contributed by atoms with Gasteiger partial charge in [0.15, 0.2) is 12.7 Å². The van der Waals surface area contributed by atoms with Gasteiger partial charge in [0.25, 0.3) is 5.91 Å². The highest BCUT2D eigenvalue weighted by atomic mass is 35.5. The van der Waals surface area contributed by atoms with Gasteiger partial charge >= 0.3 is 5.97 Å². The minimum absolute atomic E-state index is 0.232. The maximum atomic E-state index is 12.5. The Morgan fingerprint density at radius 1 is 1.16 bits per heavy atom. The molecule has 0 unspecified atom stereocenters. The van der Waals surface area contributed by atoms with Crippen LogP contribution >= 0.6 is 11.6 Å². The summed E-state index contributed by atoms with van der Waals surface area (Å²) in [7, 11) is 0. The number of carbonyl (C=O) groups is 2. The largest absolute Gasteiger partial charge is 0.482 e. The lowest BCUT2D eigenvalue weighted by Crippen LogP contribution is -2.39. The quantitative estimate of drug-likeness (QED) is 0.769. The zero-order valence-electron chi connectivity index (χ0n) is 13.8. The number of hydrogen-bond donors (Lipinski definition) is 0. The van der Waals surface area contributed by atoms with Crippen LogP contribution in [0.3, 0.4) is 0 Å². The number of benzene rings is 2. The van der Waals surface area contributed by atoms with E-state index in [0.29, 0.717) is 17.3 Å². The summed E-state index contributed by atoms with van der Waals surface area (Å²) in [4.78, 5) is 26.1. The molecule has 2 aromatic carbocycles. The molecule has 1 amide bonds. The van der Waals surface area contributed by atoms with Gasteiger partial charge in [0.1, 0.15) is 5.75 Å². The number of para-hydroxylation sites is 1. The number of halogens is 1. The third-order valence-corrected chi connectivity index (χ3v) is 4.23. The highest BCUT2D eigenvalue weighted by Crippen LogP contribution is 2.28. The summed E-state index contributed by atoms with van der Waals surface area (Å²) in [5, 5.41) is 0.583. The number of amides is 1. The highest BCUT2D eigenvalue weighted by molar-refractivity contribution is 6.30. The van der Waals surface area contributed by atoms with Gasteiger partial charge in [0.2, 0.25) is 0 Å². The Hall–Kier alpha value is -2.53. The SMILES string of the molecule is C[C@@H](OC(=O)COc1ccc(Cl)cc1)C(=O)N1CCc2ccccc21. The van der Waals surface area contributed by atoms with Gasteiger partial charge < -0.3 is 14.4 Å². The van der Waals surface area contributed by atoms with Crippen LogP contribution in [-0.2, 0) is 20.7 Å². The molecule has 0 spiro atoms. The van der Waals surface area contributed by atoms with E-state index in [2.05, 4.69) is 0 Å². The first-order chi connectivity index (χ1) is 12.0. The zero-order chi connectivity index (χ0) is 17.8. The van der Waals surface area contributed by atoms with E-state index in [1.54, 1.807) is 36.1 Å². The average molecular weight is 360 g/mol. The van der Waals surface area contributed by atoms with E-state index in [0.717, 1.165) is 17.7 Å². The van der Waals surface area contributed by atoms with Crippen molar-refractivity contribution in [3.05, 3.63) is 59.1 Å². The molecule has 0 radical (unpaired) electrons. The third-order valence-electron chi connectivity index (χ3n) is 3.98. The van der Waals surface area contributed by atoms with Gasteiger partial charge in [-0.05, 0) is 49.2 Å². The normalized spacial score (nSPS) is 13.9. The van der Waals surface area contributed by atoms with Crippen molar-refractivity contribution in [2.45, 2.75) is 19.4 Å². The van der Waals surface area contributed by atoms with Crippen molar-refractivity contribution in [1.82, 2.24) is 0 Å². The third kappa shape index (κ3) is 4.12. The lowest BCUT2D eigenvalue weighted by atomic mass is 10.2. The van der Waals surface area contributed by atoms with E-state index in [4.69, 9.17) is 21.1 Å². The molecule has 2 aromatic rings. The number of esters is 1. The Bertz CT molecular complexity index is 775. The molecule has 1 aliphatic heterocycles. The molecule has 25 heavy (non-hydrogen) atoms. The summed E-state index contributed by atoms with van der Waals surface area (Å²) in [6, 6.07) is 14.4. The molecule has 0 bridgehead atoms. The van der Waals surface area contributed by atoms with Gasteiger partial charge in [-0.1, -0.05) is 29.8 Å². The molecule has 0 fully saturated rings. The summed E-state index contributed by atoms with van der Waals surface area (Å²) in [6.45, 7) is 1.90. The van der Waals surface area contributed by atoms with E-state index in [1.807, 2.05) is 24.3 Å². The van der Waals surface area contributed by atoms with Gasteiger partial charge in [-0.25, -0.2) is 4.79 Å². The lowest BCUT2D eigenvalue weighted by molar-refractivity contribution is -0.155. The fourth-order valence-corrected chi connectivity index (χ4v) is 2.87. The second-order valence-corrected chi connectivity index (χ2v) is 6.18. The maximum absolute atomic E-state index is 12.5. The second-order valence-electron chi connectivity index (χ2n) is 5.74. The summed E-state index contributed by atoms with van der Waals surface area (Å²) in [5.74, 6) is -0.318. The first-order valence-electron chi connectivity index (χ1n) is 8.02. The van der Waals surface area contributed by atoms with Gasteiger partial charge in [-0.15, -0.1) is 0 Å². The Labute approximate surface area is 151 Å². The van der Waals surface area contributed by atoms with Crippen LogP contribution in [0.4, 0.5) is 5.69 Å². The van der Waals surface area contributed by atoms with Gasteiger partial charge in [0, 0.05) is 17.3 Å². The number of hydrogen-bond acceptors (Lipinski definition) is 4. The maximum Gasteiger partial charge on any atom is 0.344 e. The van der Waals surface area contributed by atoms with E-state index in [1.165, 1.54) is 0 Å². The number of rotatable bonds is 5. The number of nitrogens with zero attached hydrogens (tertiary/aromatic N) is 1. The molecule has 3 rings (SSSR count). The van der Waals surface area contributed by atoms with Crippen molar-refractivity contribution >= 4 is 29.2 Å². The molecule has 130 valence electrons. The first kappa shape index (κ1) is 17.3. The Morgan fingerprint density at radius 2 is 1.88 bits per heavy atom. The zero-order valence-corrected chi connectivity index (χ0v) is 14.5. The Balaban J connectivity index is 1.53. The van der Waals surface area contributed by atoms with Crippen molar-refractivity contribution in [1.29, 1.82) is 0 Å². The minimum atomic E-state index is -0.868. The molecule has 0 aliphatic carbocycles. The Kier molecular flexibility index (Phi) is 5.24. The van der Waals surface area contributed by atoms with Crippen molar-refractivity contribution in [3.63, 3.8) is 0 Å². The van der Waals surface area contributed by atoms with E-state index < -0.39 is 12.1 Å². The van der Waals surface area contributed by atoms with Crippen LogP contribution in [-0.4, -0.2) is 31.1 Å². The van der Waals surface area contributed by atoms with E-state index >= 15 is 0 Å². The predicted octanol–water partition coefficient (Wildman–Crippen LogP) is 3.24. The predicted molar refractivity (Wildman–Crippen MR) is 95.0 cm³/mol. The number of fused-ring (bicyclic) bond motifs is 1. The average Bonchev–Trinajstić information content (AvgIpc) is 3.04. The number of carbonyl (C=O) groups excluding carboxylic acids is 2. The van der Waals surface area contributed by atoms with Crippen LogP contribution in [0.1, 0.15) is 12.5 Å². The van der Waals surface area contributed by atoms with Crippen LogP contribution < -0.4 is 9.64 Å². The van der Waals surface area contributed by atoms with Crippen LogP contribution in [0.15, 0.2) is 48.5 Å². The smallest absolute Gasteiger partial charge is 0.344 e. The molecular formula is C19H18ClNO4. The van der Waals surface area contributed by atoms with E-state index in [-0.39, 0.29) is 12.5 Å². The van der Waals surface area contributed by atoms with Crippen molar-refractivity contribution in [3.8, 4) is 5.75 Å². The second kappa shape index (κ2) is 7.57. The summed E-state index contributed by atoms with van der Waals surface area (Å²) < 4.78 is 10.5. The topological polar surface area (TPSA) is 55.8 Å². The molecule has 1 heterocycles. The number of anilines is 1. The number of ether oxygens (including phenoxy) is 2. The molecule has 6 heteroatoms. The van der Waals surface area contributed by atoms with Crippen LogP contribution in [0.2, 0.25) is 5.02 Å². The molecule has 1 aliphatic rings. The molecule has 5 nitrogen and oxygen atoms in total. The van der Waals surface area contributed by atoms with Gasteiger partial charge in [-0.2, -0.15) is 0 Å². The van der Waals surface area contributed by atoms with Crippen LogP contribution in [0.25, 0.3) is 0 Å². The van der Waals surface area contributed by atoms with E-state index in [9.17, 15) is 9.59 Å². The molecular weight excluding hydrogens is 342 g/mol. The van der Waals surface area contributed by atoms with Gasteiger partial charge in [0.05, 0.1) is 0 Å². The van der Waals surface area contributed by atoms with Crippen LogP contribution in [0, 0.1) is 0 Å². The van der Waals surface area contributed by atoms with Crippen molar-refractivity contribution < 1.29 is 19.1 Å². The first-order valence-corrected chi connectivity index (χ1v) is 8.39. The summed E-state index contributed by atoms with van der Waals surface area (Å²) >= 11 is 5.79. The standard InChI is InChI=1S/C19H18ClNO4/c1-13(19(23)21-11-10-14-4-2-3-5-17(14)21)25-18(22)12-24-16-8-6-15(20)7-9-16/h2-9,13H,10-12H2,1H3/t13-/m1/s1. The molecule has 0 N–H and O–H groups in total. The van der Waals surface area contributed by atoms with Gasteiger partial charge in [-0.3, -0.25) is 4.79 Å². The molecule has 0 aromatic heterocycles. The molecule has 0 saturated heterocycles. The summed E-state index contributed by atoms with van der Waals surface area (Å²) in [6.07, 6.45) is -0.0603. The molecule has 1 atom stereocenters. The van der Waals surface area contributed by atoms with Crippen LogP contribution in [0.5, 0.6) is 5.75 Å². The fourth-order valence-electron chi connectivity index (χ4n) is 2.74. The van der Waals surface area contributed by atoms with Crippen molar-refractivity contribution in [2.24, 2.45) is 0 Å². The Morgan fingerprint density at radius 3 is 2.64 bits per heavy atom. The minimum Gasteiger partial charge on any atom is -0.482 e.